The Hall–Kier alpha value is -3.90. The molecule has 1 aromatic heterocycles. The van der Waals surface area contributed by atoms with E-state index in [-0.39, 0.29) is 6.61 Å². The summed E-state index contributed by atoms with van der Waals surface area (Å²) in [5.41, 5.74) is 2.71. The molecule has 1 aliphatic heterocycles. The van der Waals surface area contributed by atoms with E-state index in [1.165, 1.54) is 0 Å². The lowest BCUT2D eigenvalue weighted by Gasteiger charge is -2.14. The van der Waals surface area contributed by atoms with Crippen LogP contribution in [0.3, 0.4) is 0 Å². The molecule has 0 bridgehead atoms. The van der Waals surface area contributed by atoms with Gasteiger partial charge in [0.05, 0.1) is 11.6 Å². The summed E-state index contributed by atoms with van der Waals surface area (Å²) in [4.78, 5) is 0. The third-order valence-electron chi connectivity index (χ3n) is 5.17. The van der Waals surface area contributed by atoms with Crippen molar-refractivity contribution in [2.24, 2.45) is 0 Å². The number of hydrogen-bond donors (Lipinski definition) is 0. The Morgan fingerprint density at radius 1 is 0.967 bits per heavy atom. The first kappa shape index (κ1) is 19.4. The van der Waals surface area contributed by atoms with E-state index in [9.17, 15) is 5.26 Å². The zero-order valence-corrected chi connectivity index (χ0v) is 16.6. The topological polar surface area (TPSA) is 87.5 Å². The van der Waals surface area contributed by atoms with Gasteiger partial charge in [0.2, 0.25) is 0 Å². The zero-order valence-electron chi connectivity index (χ0n) is 16.6. The summed E-state index contributed by atoms with van der Waals surface area (Å²) in [7, 11) is 0. The molecule has 0 saturated carbocycles. The molecule has 0 atom stereocenters. The predicted molar refractivity (Wildman–Crippen MR) is 112 cm³/mol. The zero-order chi connectivity index (χ0) is 20.8. The van der Waals surface area contributed by atoms with Crippen LogP contribution in [0, 0.1) is 22.7 Å². The van der Waals surface area contributed by atoms with E-state index in [1.54, 1.807) is 12.1 Å². The Bertz CT molecular complexity index is 1130. The van der Waals surface area contributed by atoms with Gasteiger partial charge in [-0.25, -0.2) is 0 Å². The van der Waals surface area contributed by atoms with Crippen LogP contribution in [0.25, 0.3) is 11.3 Å². The molecule has 1 aliphatic rings. The Balaban J connectivity index is 1.74. The average molecular weight is 395 g/mol. The molecule has 0 aliphatic carbocycles. The Kier molecular flexibility index (Phi) is 5.87. The first-order valence-electron chi connectivity index (χ1n) is 10.0. The number of nitrogens with zero attached hydrogens (tertiary/aromatic N) is 5. The van der Waals surface area contributed by atoms with Gasteiger partial charge in [-0.1, -0.05) is 48.9 Å². The van der Waals surface area contributed by atoms with Crippen LogP contribution in [0.2, 0.25) is 0 Å². The van der Waals surface area contributed by atoms with Crippen molar-refractivity contribution in [2.45, 2.75) is 38.8 Å². The van der Waals surface area contributed by atoms with Gasteiger partial charge in [-0.15, -0.1) is 10.2 Å². The summed E-state index contributed by atoms with van der Waals surface area (Å²) in [6.45, 7) is 1.09. The number of rotatable bonds is 5. The lowest BCUT2D eigenvalue weighted by Crippen LogP contribution is -2.07. The van der Waals surface area contributed by atoms with Crippen molar-refractivity contribution < 1.29 is 4.74 Å². The molecule has 0 saturated heterocycles. The lowest BCUT2D eigenvalue weighted by atomic mass is 10.1. The van der Waals surface area contributed by atoms with E-state index >= 15 is 0 Å². The molecule has 0 amide bonds. The fourth-order valence-electron chi connectivity index (χ4n) is 3.59. The molecule has 0 radical (unpaired) electrons. The molecular formula is C24H21N5O. The van der Waals surface area contributed by atoms with Crippen molar-refractivity contribution in [2.75, 3.05) is 0 Å². The smallest absolute Gasteiger partial charge is 0.178 e. The molecule has 0 unspecified atom stereocenters. The van der Waals surface area contributed by atoms with Crippen LogP contribution in [-0.4, -0.2) is 14.8 Å². The molecule has 2 heterocycles. The maximum Gasteiger partial charge on any atom is 0.178 e. The van der Waals surface area contributed by atoms with E-state index in [0.717, 1.165) is 49.2 Å². The number of nitriles is 2. The van der Waals surface area contributed by atoms with Gasteiger partial charge in [0.1, 0.15) is 29.8 Å². The largest absolute Gasteiger partial charge is 0.487 e. The molecular weight excluding hydrogens is 374 g/mol. The Morgan fingerprint density at radius 3 is 2.50 bits per heavy atom. The van der Waals surface area contributed by atoms with Gasteiger partial charge in [-0.3, -0.25) is 0 Å². The summed E-state index contributed by atoms with van der Waals surface area (Å²) in [5.74, 6) is 1.98. The quantitative estimate of drug-likeness (QED) is 0.469. The van der Waals surface area contributed by atoms with E-state index in [2.05, 4.69) is 26.9 Å². The maximum atomic E-state index is 10.1. The number of aromatic nitrogens is 3. The van der Waals surface area contributed by atoms with E-state index in [4.69, 9.17) is 10.00 Å². The normalized spacial score (nSPS) is 13.9. The first-order chi connectivity index (χ1) is 14.8. The van der Waals surface area contributed by atoms with Crippen LogP contribution in [-0.2, 0) is 24.3 Å². The highest BCUT2D eigenvalue weighted by atomic mass is 16.5. The predicted octanol–water partition coefficient (Wildman–Crippen LogP) is 4.48. The van der Waals surface area contributed by atoms with Crippen LogP contribution in [0.15, 0.2) is 54.6 Å². The van der Waals surface area contributed by atoms with E-state index < -0.39 is 0 Å². The minimum Gasteiger partial charge on any atom is -0.487 e. The molecule has 148 valence electrons. The highest BCUT2D eigenvalue weighted by Gasteiger charge is 2.22. The molecule has 0 N–H and O–H groups in total. The summed E-state index contributed by atoms with van der Waals surface area (Å²) in [5, 5.41) is 27.7. The lowest BCUT2D eigenvalue weighted by molar-refractivity contribution is 0.265. The highest BCUT2D eigenvalue weighted by Crippen LogP contribution is 2.29. The molecule has 0 fully saturated rings. The minimum absolute atomic E-state index is 0.280. The standard InChI is InChI=1S/C24H21N5O/c25-15-18-10-12-19(13-11-18)17-30-23(20-7-3-1-4-8-20)21(16-26)24-28-27-22-9-5-2-6-14-29(22)24/h1,3-4,7-8,10-13H,2,5-6,9,14,17H2. The van der Waals surface area contributed by atoms with Gasteiger partial charge < -0.3 is 9.30 Å². The van der Waals surface area contributed by atoms with Crippen LogP contribution in [0.1, 0.15) is 47.6 Å². The van der Waals surface area contributed by atoms with Crippen molar-refractivity contribution in [3.05, 3.63) is 82.9 Å². The van der Waals surface area contributed by atoms with Crippen LogP contribution in [0.5, 0.6) is 0 Å². The molecule has 3 aromatic rings. The number of aryl methyl sites for hydroxylation is 1. The van der Waals surface area contributed by atoms with Crippen molar-refractivity contribution in [3.63, 3.8) is 0 Å². The fraction of sp³-hybridized carbons (Fsp3) is 0.250. The first-order valence-corrected chi connectivity index (χ1v) is 10.0. The Morgan fingerprint density at radius 2 is 1.77 bits per heavy atom. The second kappa shape index (κ2) is 9.07. The SMILES string of the molecule is N#CC(=C(OCc1ccc(C#N)cc1)c1ccccc1)c1nnc2n1CCCCC2. The second-order valence-corrected chi connectivity index (χ2v) is 7.18. The molecule has 6 nitrogen and oxygen atoms in total. The highest BCUT2D eigenvalue weighted by molar-refractivity contribution is 5.92. The summed E-state index contributed by atoms with van der Waals surface area (Å²) >= 11 is 0. The van der Waals surface area contributed by atoms with E-state index in [0.29, 0.717) is 22.7 Å². The van der Waals surface area contributed by atoms with Gasteiger partial charge in [0.15, 0.2) is 5.82 Å². The molecule has 6 heteroatoms. The summed E-state index contributed by atoms with van der Waals surface area (Å²) in [6.07, 6.45) is 4.15. The number of hydrogen-bond acceptors (Lipinski definition) is 5. The van der Waals surface area contributed by atoms with Crippen LogP contribution in [0.4, 0.5) is 0 Å². The van der Waals surface area contributed by atoms with Crippen LogP contribution >= 0.6 is 0 Å². The van der Waals surface area contributed by atoms with Gasteiger partial charge in [0, 0.05) is 18.5 Å². The third kappa shape index (κ3) is 4.09. The fourth-order valence-corrected chi connectivity index (χ4v) is 3.59. The molecule has 0 spiro atoms. The third-order valence-corrected chi connectivity index (χ3v) is 5.17. The maximum absolute atomic E-state index is 10.1. The Labute approximate surface area is 175 Å². The second-order valence-electron chi connectivity index (χ2n) is 7.18. The van der Waals surface area contributed by atoms with Gasteiger partial charge >= 0.3 is 0 Å². The van der Waals surface area contributed by atoms with E-state index in [1.807, 2.05) is 42.5 Å². The van der Waals surface area contributed by atoms with Gasteiger partial charge in [0.25, 0.3) is 0 Å². The summed E-state index contributed by atoms with van der Waals surface area (Å²) < 4.78 is 8.24. The van der Waals surface area contributed by atoms with Gasteiger partial charge in [-0.05, 0) is 30.5 Å². The summed E-state index contributed by atoms with van der Waals surface area (Å²) in [6, 6.07) is 21.3. The van der Waals surface area contributed by atoms with Crippen molar-refractivity contribution in [1.29, 1.82) is 10.5 Å². The van der Waals surface area contributed by atoms with Crippen molar-refractivity contribution in [3.8, 4) is 12.1 Å². The van der Waals surface area contributed by atoms with Gasteiger partial charge in [-0.2, -0.15) is 10.5 Å². The van der Waals surface area contributed by atoms with Crippen LogP contribution < -0.4 is 0 Å². The molecule has 2 aromatic carbocycles. The number of allylic oxidation sites excluding steroid dienone is 1. The number of fused-ring (bicyclic) bond motifs is 1. The molecule has 30 heavy (non-hydrogen) atoms. The number of benzene rings is 2. The monoisotopic (exact) mass is 395 g/mol. The van der Waals surface area contributed by atoms with Crippen molar-refractivity contribution in [1.82, 2.24) is 14.8 Å². The minimum atomic E-state index is 0.280. The molecule has 4 rings (SSSR count). The average Bonchev–Trinajstić information content (AvgIpc) is 3.04. The van der Waals surface area contributed by atoms with Crippen molar-refractivity contribution >= 4 is 11.3 Å². The number of ether oxygens (including phenoxy) is 1.